The molecule has 0 amide bonds. The maximum Gasteiger partial charge on any atom is 0.164 e. The van der Waals surface area contributed by atoms with Crippen molar-refractivity contribution >= 4 is 71.3 Å². The molecule has 11 aromatic rings. The average Bonchev–Trinajstić information content (AvgIpc) is 3.84. The van der Waals surface area contributed by atoms with Crippen LogP contribution < -0.4 is 0 Å². The number of hydrogen-bond donors (Lipinski definition) is 0. The van der Waals surface area contributed by atoms with E-state index in [2.05, 4.69) is 159 Å². The number of para-hydroxylation sites is 1. The molecular weight excluding hydrogens is 699 g/mol. The molecule has 0 saturated carbocycles. The van der Waals surface area contributed by atoms with E-state index < -0.39 is 0 Å². The average molecular weight is 732 g/mol. The summed E-state index contributed by atoms with van der Waals surface area (Å²) < 4.78 is 13.5. The van der Waals surface area contributed by atoms with Crippen LogP contribution in [0.3, 0.4) is 0 Å². The molecule has 0 radical (unpaired) electrons. The number of furan rings is 2. The molecule has 57 heavy (non-hydrogen) atoms. The van der Waals surface area contributed by atoms with Gasteiger partial charge in [0.2, 0.25) is 0 Å². The van der Waals surface area contributed by atoms with Crippen LogP contribution in [0.2, 0.25) is 0 Å². The fourth-order valence-corrected chi connectivity index (χ4v) is 8.78. The highest BCUT2D eigenvalue weighted by molar-refractivity contribution is 6.17. The molecule has 12 rings (SSSR count). The molecule has 1 atom stereocenters. The van der Waals surface area contributed by atoms with Crippen molar-refractivity contribution in [2.24, 2.45) is 5.92 Å². The Kier molecular flexibility index (Phi) is 6.90. The lowest BCUT2D eigenvalue weighted by Gasteiger charge is -2.13. The topological polar surface area (TPSA) is 65.0 Å². The van der Waals surface area contributed by atoms with Gasteiger partial charge < -0.3 is 8.83 Å². The van der Waals surface area contributed by atoms with E-state index in [1.54, 1.807) is 0 Å². The Bertz CT molecular complexity index is 3380. The molecule has 0 spiro atoms. The number of hydrogen-bond acceptors (Lipinski definition) is 5. The first-order valence-corrected chi connectivity index (χ1v) is 19.5. The van der Waals surface area contributed by atoms with Crippen LogP contribution in [0.25, 0.3) is 117 Å². The van der Waals surface area contributed by atoms with Crippen molar-refractivity contribution in [3.8, 4) is 45.3 Å². The zero-order valence-electron chi connectivity index (χ0n) is 31.0. The third kappa shape index (κ3) is 5.13. The smallest absolute Gasteiger partial charge is 0.164 e. The zero-order valence-corrected chi connectivity index (χ0v) is 31.0. The van der Waals surface area contributed by atoms with Crippen LogP contribution >= 0.6 is 0 Å². The highest BCUT2D eigenvalue weighted by Crippen LogP contribution is 2.46. The van der Waals surface area contributed by atoms with Crippen LogP contribution in [-0.2, 0) is 6.42 Å². The summed E-state index contributed by atoms with van der Waals surface area (Å²) in [7, 11) is 0. The van der Waals surface area contributed by atoms with E-state index in [1.165, 1.54) is 0 Å². The Morgan fingerprint density at radius 1 is 0.474 bits per heavy atom. The van der Waals surface area contributed by atoms with E-state index in [1.807, 2.05) is 12.1 Å². The van der Waals surface area contributed by atoms with Crippen molar-refractivity contribution in [2.45, 2.75) is 13.3 Å². The normalized spacial score (nSPS) is 14.1. The molecule has 0 saturated heterocycles. The number of nitrogens with zero attached hydrogens (tertiary/aromatic N) is 3. The fourth-order valence-electron chi connectivity index (χ4n) is 8.78. The van der Waals surface area contributed by atoms with Crippen LogP contribution in [0.5, 0.6) is 0 Å². The van der Waals surface area contributed by atoms with Gasteiger partial charge in [0.05, 0.1) is 0 Å². The summed E-state index contributed by atoms with van der Waals surface area (Å²) >= 11 is 0. The minimum atomic E-state index is 0.406. The Hall–Kier alpha value is -7.37. The first kappa shape index (κ1) is 31.9. The van der Waals surface area contributed by atoms with E-state index >= 15 is 0 Å². The summed E-state index contributed by atoms with van der Waals surface area (Å²) in [5, 5.41) is 9.89. The van der Waals surface area contributed by atoms with Crippen LogP contribution in [0, 0.1) is 5.92 Å². The van der Waals surface area contributed by atoms with Gasteiger partial charge in [-0.05, 0) is 80.4 Å². The lowest BCUT2D eigenvalue weighted by molar-refractivity contribution is 0.515. The van der Waals surface area contributed by atoms with Gasteiger partial charge in [-0.1, -0.05) is 134 Å². The molecule has 0 bridgehead atoms. The Balaban J connectivity index is 1.17. The summed E-state index contributed by atoms with van der Waals surface area (Å²) in [6.45, 7) is 2.24. The molecule has 0 fully saturated rings. The molecule has 3 heterocycles. The van der Waals surface area contributed by atoms with Crippen molar-refractivity contribution in [1.82, 2.24) is 15.0 Å². The van der Waals surface area contributed by atoms with Gasteiger partial charge in [-0.25, -0.2) is 15.0 Å². The van der Waals surface area contributed by atoms with Crippen molar-refractivity contribution in [1.29, 1.82) is 0 Å². The van der Waals surface area contributed by atoms with E-state index in [9.17, 15) is 0 Å². The molecular formula is C52H33N3O2. The number of fused-ring (bicyclic) bond motifs is 10. The minimum absolute atomic E-state index is 0.406. The van der Waals surface area contributed by atoms with Crippen molar-refractivity contribution in [3.05, 3.63) is 169 Å². The molecule has 0 N–H and O–H groups in total. The molecule has 1 unspecified atom stereocenters. The number of benzene rings is 8. The second kappa shape index (κ2) is 12.3. The standard InChI is InChI=1S/C52H33N3O2/c1-30-18-23-41-45(24-30)57-49-39-15-7-6-14-35(39)27-42(48(41)49)38-28-43(47-40-16-8-9-17-44(40)56-46(47)29-38)52-54-50(36-21-19-31-10-2-4-12-33(31)25-36)53-51(55-52)37-22-20-32-11-3-5-13-34(32)26-37/h2-23,25-30H,24H2,1H3. The van der Waals surface area contributed by atoms with Crippen molar-refractivity contribution in [2.75, 3.05) is 0 Å². The van der Waals surface area contributed by atoms with Gasteiger partial charge in [0.15, 0.2) is 17.5 Å². The Morgan fingerprint density at radius 3 is 1.81 bits per heavy atom. The summed E-state index contributed by atoms with van der Waals surface area (Å²) in [5.74, 6) is 3.23. The maximum atomic E-state index is 6.77. The molecule has 8 aromatic carbocycles. The van der Waals surface area contributed by atoms with Crippen LogP contribution in [0.15, 0.2) is 167 Å². The first-order chi connectivity index (χ1) is 28.1. The molecule has 1 aliphatic rings. The Morgan fingerprint density at radius 2 is 1.09 bits per heavy atom. The second-order valence-electron chi connectivity index (χ2n) is 15.3. The van der Waals surface area contributed by atoms with Gasteiger partial charge in [0.25, 0.3) is 0 Å². The van der Waals surface area contributed by atoms with Gasteiger partial charge in [0, 0.05) is 50.2 Å². The molecule has 5 heteroatoms. The zero-order chi connectivity index (χ0) is 37.6. The monoisotopic (exact) mass is 731 g/mol. The SMILES string of the molecule is CC1C=Cc2c(oc3c2c(-c2cc(-c4nc(-c5ccc6ccccc6c5)nc(-c5ccc6ccccc6c5)n4)c4c(c2)oc2ccccc24)cc2ccccc23)C1. The van der Waals surface area contributed by atoms with Crippen LogP contribution in [0.4, 0.5) is 0 Å². The van der Waals surface area contributed by atoms with Crippen molar-refractivity contribution < 1.29 is 8.83 Å². The first-order valence-electron chi connectivity index (χ1n) is 19.5. The van der Waals surface area contributed by atoms with E-state index in [0.717, 1.165) is 111 Å². The highest BCUT2D eigenvalue weighted by Gasteiger charge is 2.25. The lowest BCUT2D eigenvalue weighted by atomic mass is 9.89. The predicted octanol–water partition coefficient (Wildman–Crippen LogP) is 13.9. The van der Waals surface area contributed by atoms with Crippen molar-refractivity contribution in [3.63, 3.8) is 0 Å². The van der Waals surface area contributed by atoms with E-state index in [0.29, 0.717) is 23.4 Å². The summed E-state index contributed by atoms with van der Waals surface area (Å²) in [4.78, 5) is 15.8. The maximum absolute atomic E-state index is 6.77. The van der Waals surface area contributed by atoms with E-state index in [-0.39, 0.29) is 0 Å². The molecule has 5 nitrogen and oxygen atoms in total. The molecule has 1 aliphatic carbocycles. The number of rotatable bonds is 4. The largest absolute Gasteiger partial charge is 0.460 e. The summed E-state index contributed by atoms with van der Waals surface area (Å²) in [5.41, 5.74) is 8.44. The molecule has 0 aliphatic heterocycles. The van der Waals surface area contributed by atoms with Gasteiger partial charge >= 0.3 is 0 Å². The number of aromatic nitrogens is 3. The fraction of sp³-hybridized carbons (Fsp3) is 0.0577. The molecule has 3 aromatic heterocycles. The Labute approximate surface area is 327 Å². The van der Waals surface area contributed by atoms with Crippen LogP contribution in [0.1, 0.15) is 18.2 Å². The summed E-state index contributed by atoms with van der Waals surface area (Å²) in [6, 6.07) is 53.0. The predicted molar refractivity (Wildman–Crippen MR) is 233 cm³/mol. The lowest BCUT2D eigenvalue weighted by Crippen LogP contribution is -2.01. The second-order valence-corrected chi connectivity index (χ2v) is 15.3. The quantitative estimate of drug-likeness (QED) is 0.180. The molecule has 268 valence electrons. The highest BCUT2D eigenvalue weighted by atomic mass is 16.3. The minimum Gasteiger partial charge on any atom is -0.460 e. The third-order valence-corrected chi connectivity index (χ3v) is 11.6. The van der Waals surface area contributed by atoms with Gasteiger partial charge in [-0.3, -0.25) is 0 Å². The van der Waals surface area contributed by atoms with Gasteiger partial charge in [0.1, 0.15) is 22.5 Å². The van der Waals surface area contributed by atoms with E-state index in [4.69, 9.17) is 23.8 Å². The van der Waals surface area contributed by atoms with Gasteiger partial charge in [-0.2, -0.15) is 0 Å². The number of allylic oxidation sites excluding steroid dienone is 1. The van der Waals surface area contributed by atoms with Gasteiger partial charge in [-0.15, -0.1) is 0 Å². The van der Waals surface area contributed by atoms with Crippen LogP contribution in [-0.4, -0.2) is 15.0 Å². The third-order valence-electron chi connectivity index (χ3n) is 11.6. The summed E-state index contributed by atoms with van der Waals surface area (Å²) in [6.07, 6.45) is 5.39.